The number of halogens is 3. The molecule has 3 heterocycles. The quantitative estimate of drug-likeness (QED) is 0.288. The number of hydrogen-bond acceptors (Lipinski definition) is 8. The van der Waals surface area contributed by atoms with Crippen molar-refractivity contribution in [1.82, 2.24) is 9.97 Å². The number of hydrogen-bond donors (Lipinski definition) is 0. The molecule has 0 spiro atoms. The van der Waals surface area contributed by atoms with Crippen LogP contribution in [0.5, 0.6) is 11.5 Å². The summed E-state index contributed by atoms with van der Waals surface area (Å²) in [5.41, 5.74) is 0. The summed E-state index contributed by atoms with van der Waals surface area (Å²) in [5, 5.41) is 0.713. The number of pyridine rings is 2. The number of ether oxygens (including phenoxy) is 5. The third-order valence-electron chi connectivity index (χ3n) is 3.58. The van der Waals surface area contributed by atoms with E-state index in [1.165, 1.54) is 0 Å². The van der Waals surface area contributed by atoms with Crippen LogP contribution in [0.3, 0.4) is 0 Å². The molecule has 0 aliphatic carbocycles. The second-order valence-corrected chi connectivity index (χ2v) is 7.40. The highest BCUT2D eigenvalue weighted by Gasteiger charge is 2.14. The zero-order valence-electron chi connectivity index (χ0n) is 16.1. The molecule has 0 bridgehead atoms. The van der Waals surface area contributed by atoms with Gasteiger partial charge >= 0.3 is 0 Å². The van der Waals surface area contributed by atoms with Gasteiger partial charge in [0.1, 0.15) is 9.52 Å². The molecule has 11 heteroatoms. The third kappa shape index (κ3) is 8.27. The maximum atomic E-state index is 6.03. The van der Waals surface area contributed by atoms with E-state index in [0.29, 0.717) is 21.8 Å². The minimum Gasteiger partial charge on any atom is -0.464 e. The van der Waals surface area contributed by atoms with Crippen LogP contribution in [-0.2, 0) is 14.2 Å². The van der Waals surface area contributed by atoms with Crippen molar-refractivity contribution in [2.24, 2.45) is 0 Å². The van der Waals surface area contributed by atoms with Crippen LogP contribution in [0.25, 0.3) is 0 Å². The van der Waals surface area contributed by atoms with Gasteiger partial charge < -0.3 is 28.6 Å². The zero-order valence-corrected chi connectivity index (χ0v) is 19.7. The summed E-state index contributed by atoms with van der Waals surface area (Å²) >= 11 is 13.9. The van der Waals surface area contributed by atoms with E-state index in [0.717, 1.165) is 35.8 Å². The molecule has 1 aliphatic heterocycles. The van der Waals surface area contributed by atoms with Gasteiger partial charge in [0.15, 0.2) is 35.4 Å². The molecule has 2 aromatic heterocycles. The Bertz CT molecular complexity index is 766. The average molecular weight is 558 g/mol. The molecular formula is C18H22Cl2IN3O5. The van der Waals surface area contributed by atoms with Crippen molar-refractivity contribution in [3.05, 3.63) is 38.3 Å². The van der Waals surface area contributed by atoms with Crippen molar-refractivity contribution in [1.29, 1.82) is 0 Å². The fraction of sp³-hybridized carbons (Fsp3) is 0.444. The van der Waals surface area contributed by atoms with Crippen molar-refractivity contribution >= 4 is 51.6 Å². The smallest absolute Gasteiger partial charge is 0.188 e. The first-order valence-electron chi connectivity index (χ1n) is 8.60. The van der Waals surface area contributed by atoms with E-state index in [9.17, 15) is 0 Å². The second kappa shape index (κ2) is 13.2. The lowest BCUT2D eigenvalue weighted by Crippen LogP contribution is -2.36. The zero-order chi connectivity index (χ0) is 21.1. The lowest BCUT2D eigenvalue weighted by atomic mass is 10.3. The molecular weight excluding hydrogens is 536 g/mol. The Labute approximate surface area is 193 Å². The van der Waals surface area contributed by atoms with Gasteiger partial charge in [-0.2, -0.15) is 0 Å². The van der Waals surface area contributed by atoms with Gasteiger partial charge in [-0.15, -0.1) is 0 Å². The highest BCUT2D eigenvalue weighted by Crippen LogP contribution is 2.26. The molecule has 1 aliphatic rings. The monoisotopic (exact) mass is 557 g/mol. The molecule has 0 N–H and O–H groups in total. The molecule has 0 saturated carbocycles. The molecule has 0 amide bonds. The van der Waals surface area contributed by atoms with Crippen molar-refractivity contribution in [2.75, 3.05) is 59.0 Å². The van der Waals surface area contributed by atoms with Crippen molar-refractivity contribution in [3.8, 4) is 11.5 Å². The summed E-state index contributed by atoms with van der Waals surface area (Å²) < 4.78 is 26.0. The van der Waals surface area contributed by atoms with Gasteiger partial charge in [-0.3, -0.25) is 0 Å². The minimum atomic E-state index is 0.165. The molecule has 0 radical (unpaired) electrons. The molecule has 3 rings (SSSR count). The number of nitrogens with zero attached hydrogens (tertiary/aromatic N) is 3. The first-order valence-corrected chi connectivity index (χ1v) is 10.4. The number of rotatable bonds is 7. The SMILES string of the molecule is COCOc1ccc(I)nc1Cl.COCOc1ccc(N2CCOCC2)nc1Cl. The van der Waals surface area contributed by atoms with Crippen LogP contribution in [0.1, 0.15) is 0 Å². The Hall–Kier alpha value is -1.11. The van der Waals surface area contributed by atoms with Gasteiger partial charge in [-0.1, -0.05) is 23.2 Å². The Morgan fingerprint density at radius 3 is 2.00 bits per heavy atom. The lowest BCUT2D eigenvalue weighted by molar-refractivity contribution is 0.0507. The van der Waals surface area contributed by atoms with Gasteiger partial charge in [0.25, 0.3) is 0 Å². The predicted molar refractivity (Wildman–Crippen MR) is 119 cm³/mol. The lowest BCUT2D eigenvalue weighted by Gasteiger charge is -2.27. The third-order valence-corrected chi connectivity index (χ3v) is 4.72. The molecule has 2 aromatic rings. The van der Waals surface area contributed by atoms with Crippen LogP contribution in [-0.4, -0.2) is 64.1 Å². The molecule has 8 nitrogen and oxygen atoms in total. The standard InChI is InChI=1S/C11H15ClN2O3.C7H7ClINO2/c1-15-8-17-9-2-3-10(13-11(9)12)14-4-6-16-7-5-14;1-11-4-12-5-2-3-6(9)10-7(5)8/h2-3H,4-8H2,1H3;2-3H,4H2,1H3. The fourth-order valence-corrected chi connectivity index (χ4v) is 3.22. The van der Waals surface area contributed by atoms with Crippen LogP contribution in [0.4, 0.5) is 5.82 Å². The summed E-state index contributed by atoms with van der Waals surface area (Å²) in [5.74, 6) is 1.92. The van der Waals surface area contributed by atoms with Gasteiger partial charge in [0.2, 0.25) is 0 Å². The van der Waals surface area contributed by atoms with E-state index in [1.807, 2.05) is 12.1 Å². The van der Waals surface area contributed by atoms with Gasteiger partial charge in [0.05, 0.1) is 13.2 Å². The Morgan fingerprint density at radius 2 is 1.48 bits per heavy atom. The maximum absolute atomic E-state index is 6.03. The van der Waals surface area contributed by atoms with Crippen LogP contribution < -0.4 is 14.4 Å². The van der Waals surface area contributed by atoms with Gasteiger partial charge in [0, 0.05) is 27.3 Å². The van der Waals surface area contributed by atoms with Crippen molar-refractivity contribution in [3.63, 3.8) is 0 Å². The van der Waals surface area contributed by atoms with Crippen molar-refractivity contribution < 1.29 is 23.7 Å². The highest BCUT2D eigenvalue weighted by molar-refractivity contribution is 14.1. The van der Waals surface area contributed by atoms with Gasteiger partial charge in [-0.25, -0.2) is 9.97 Å². The molecule has 1 saturated heterocycles. The second-order valence-electron chi connectivity index (χ2n) is 5.58. The average Bonchev–Trinajstić information content (AvgIpc) is 2.73. The number of aromatic nitrogens is 2. The molecule has 0 aromatic carbocycles. The van der Waals surface area contributed by atoms with E-state index in [4.69, 9.17) is 46.9 Å². The van der Waals surface area contributed by atoms with Crippen molar-refractivity contribution in [2.45, 2.75) is 0 Å². The van der Waals surface area contributed by atoms with E-state index in [2.05, 4.69) is 37.5 Å². The van der Waals surface area contributed by atoms with Crippen LogP contribution in [0.15, 0.2) is 24.3 Å². The largest absolute Gasteiger partial charge is 0.464 e. The number of anilines is 1. The van der Waals surface area contributed by atoms with Crippen LogP contribution >= 0.6 is 45.8 Å². The Balaban J connectivity index is 0.000000221. The first-order chi connectivity index (χ1) is 14.0. The molecule has 1 fully saturated rings. The summed E-state index contributed by atoms with van der Waals surface area (Å²) in [6.45, 7) is 3.46. The topological polar surface area (TPSA) is 75.2 Å². The minimum absolute atomic E-state index is 0.165. The van der Waals surface area contributed by atoms with E-state index in [1.54, 1.807) is 26.4 Å². The predicted octanol–water partition coefficient (Wildman–Crippen LogP) is 3.88. The van der Waals surface area contributed by atoms with E-state index >= 15 is 0 Å². The van der Waals surface area contributed by atoms with Crippen LogP contribution in [0.2, 0.25) is 10.3 Å². The number of morpholine rings is 1. The van der Waals surface area contributed by atoms with E-state index < -0.39 is 0 Å². The van der Waals surface area contributed by atoms with E-state index in [-0.39, 0.29) is 13.6 Å². The fourth-order valence-electron chi connectivity index (χ4n) is 2.24. The molecule has 29 heavy (non-hydrogen) atoms. The molecule has 0 unspecified atom stereocenters. The van der Waals surface area contributed by atoms with Gasteiger partial charge in [-0.05, 0) is 46.9 Å². The first kappa shape index (κ1) is 24.2. The van der Waals surface area contributed by atoms with Crippen LogP contribution in [0, 0.1) is 3.70 Å². The Kier molecular flexibility index (Phi) is 11.0. The molecule has 0 atom stereocenters. The summed E-state index contributed by atoms with van der Waals surface area (Å²) in [6, 6.07) is 7.27. The Morgan fingerprint density at radius 1 is 0.931 bits per heavy atom. The maximum Gasteiger partial charge on any atom is 0.188 e. The highest BCUT2D eigenvalue weighted by atomic mass is 127. The summed E-state index contributed by atoms with van der Waals surface area (Å²) in [4.78, 5) is 10.4. The summed E-state index contributed by atoms with van der Waals surface area (Å²) in [6.07, 6.45) is 0. The normalized spacial score (nSPS) is 13.5. The molecule has 160 valence electrons. The summed E-state index contributed by atoms with van der Waals surface area (Å²) in [7, 11) is 3.11. The number of methoxy groups -OCH3 is 2.